The molecule has 1 saturated carbocycles. The normalized spacial score (nSPS) is 42.5. The third-order valence-corrected chi connectivity index (χ3v) is 3.81. The minimum absolute atomic E-state index is 0.0277. The van der Waals surface area contributed by atoms with Crippen LogP contribution in [0.5, 0.6) is 0 Å². The van der Waals surface area contributed by atoms with Crippen LogP contribution in [-0.4, -0.2) is 17.3 Å². The lowest BCUT2D eigenvalue weighted by atomic mass is 9.56. The Kier molecular flexibility index (Phi) is 1.33. The Morgan fingerprint density at radius 1 is 1.14 bits per heavy atom. The molecule has 2 heteroatoms. The van der Waals surface area contributed by atoms with E-state index in [4.69, 9.17) is 4.74 Å². The first-order valence-corrected chi connectivity index (χ1v) is 5.02. The zero-order valence-corrected chi connectivity index (χ0v) is 8.40. The molecule has 1 aromatic carbocycles. The Hall–Kier alpha value is -0.860. The van der Waals surface area contributed by atoms with Crippen LogP contribution >= 0.6 is 0 Å². The Morgan fingerprint density at radius 3 is 2.29 bits per heavy atom. The van der Waals surface area contributed by atoms with Gasteiger partial charge in [0.15, 0.2) is 0 Å². The number of rotatable bonds is 1. The molecule has 3 atom stereocenters. The van der Waals surface area contributed by atoms with Gasteiger partial charge in [-0.05, 0) is 5.56 Å². The molecule has 2 aliphatic rings. The van der Waals surface area contributed by atoms with Gasteiger partial charge in [-0.1, -0.05) is 44.2 Å². The highest BCUT2D eigenvalue weighted by molar-refractivity contribution is 5.38. The topological polar surface area (TPSA) is 32.8 Å². The predicted octanol–water partition coefficient (Wildman–Crippen LogP) is 1.68. The number of hydrogen-bond acceptors (Lipinski definition) is 2. The van der Waals surface area contributed by atoms with Crippen LogP contribution in [0, 0.1) is 5.41 Å². The molecule has 0 radical (unpaired) electrons. The van der Waals surface area contributed by atoms with E-state index in [1.807, 2.05) is 30.3 Å². The molecular weight excluding hydrogens is 176 g/mol. The summed E-state index contributed by atoms with van der Waals surface area (Å²) in [5.41, 5.74) is 0.0431. The summed E-state index contributed by atoms with van der Waals surface area (Å²) in [6.07, 6.45) is 0.285. The third kappa shape index (κ3) is 0.711. The number of benzene rings is 1. The zero-order chi connectivity index (χ0) is 9.97. The molecule has 1 aromatic rings. The summed E-state index contributed by atoms with van der Waals surface area (Å²) in [6.45, 7) is 4.13. The van der Waals surface area contributed by atoms with Crippen LogP contribution in [0.4, 0.5) is 0 Å². The van der Waals surface area contributed by atoms with Gasteiger partial charge in [0.25, 0.3) is 0 Å². The van der Waals surface area contributed by atoms with E-state index in [2.05, 4.69) is 13.8 Å². The van der Waals surface area contributed by atoms with Gasteiger partial charge < -0.3 is 9.84 Å². The molecule has 1 heterocycles. The lowest BCUT2D eigenvalue weighted by Gasteiger charge is -2.48. The van der Waals surface area contributed by atoms with Gasteiger partial charge in [0.05, 0.1) is 6.10 Å². The minimum atomic E-state index is -0.779. The Labute approximate surface area is 83.5 Å². The highest BCUT2D eigenvalue weighted by Gasteiger charge is 2.78. The third-order valence-electron chi connectivity index (χ3n) is 3.81. The van der Waals surface area contributed by atoms with Crippen molar-refractivity contribution >= 4 is 0 Å². The number of fused-ring (bicyclic) bond motifs is 1. The van der Waals surface area contributed by atoms with Crippen molar-refractivity contribution in [2.24, 2.45) is 5.41 Å². The molecule has 1 N–H and O–H groups in total. The summed E-state index contributed by atoms with van der Waals surface area (Å²) in [5, 5.41) is 10.6. The van der Waals surface area contributed by atoms with Crippen LogP contribution in [-0.2, 0) is 10.3 Å². The van der Waals surface area contributed by atoms with Crippen LogP contribution in [0.15, 0.2) is 30.3 Å². The molecule has 2 fully saturated rings. The summed E-state index contributed by atoms with van der Waals surface area (Å²) in [6, 6.07) is 9.82. The summed E-state index contributed by atoms with van der Waals surface area (Å²) < 4.78 is 5.46. The Morgan fingerprint density at radius 2 is 1.79 bits per heavy atom. The molecule has 74 valence electrons. The van der Waals surface area contributed by atoms with E-state index in [9.17, 15) is 5.11 Å². The fourth-order valence-corrected chi connectivity index (χ4v) is 2.69. The standard InChI is InChI=1S/C12H14O2/c1-11(2)9-10(14-9)12(11,13)8-6-4-3-5-7-8/h3-7,9-10,13H,1-2H3. The van der Waals surface area contributed by atoms with Gasteiger partial charge in [-0.25, -0.2) is 0 Å². The Bertz CT molecular complexity index is 371. The largest absolute Gasteiger partial charge is 0.382 e. The molecule has 0 amide bonds. The monoisotopic (exact) mass is 190 g/mol. The van der Waals surface area contributed by atoms with E-state index >= 15 is 0 Å². The summed E-state index contributed by atoms with van der Waals surface area (Å²) >= 11 is 0. The summed E-state index contributed by atoms with van der Waals surface area (Å²) in [7, 11) is 0. The average molecular weight is 190 g/mol. The van der Waals surface area contributed by atoms with Gasteiger partial charge in [0, 0.05) is 5.41 Å². The number of aliphatic hydroxyl groups is 1. The van der Waals surface area contributed by atoms with E-state index < -0.39 is 5.60 Å². The van der Waals surface area contributed by atoms with Crippen molar-refractivity contribution in [1.82, 2.24) is 0 Å². The first-order chi connectivity index (χ1) is 6.58. The van der Waals surface area contributed by atoms with Crippen LogP contribution in [0.2, 0.25) is 0 Å². The molecule has 0 aromatic heterocycles. The molecule has 1 aliphatic carbocycles. The molecule has 2 nitrogen and oxygen atoms in total. The highest BCUT2D eigenvalue weighted by atomic mass is 16.6. The summed E-state index contributed by atoms with van der Waals surface area (Å²) in [4.78, 5) is 0. The maximum Gasteiger partial charge on any atom is 0.126 e. The van der Waals surface area contributed by atoms with Gasteiger partial charge in [0.2, 0.25) is 0 Å². The van der Waals surface area contributed by atoms with E-state index in [-0.39, 0.29) is 17.6 Å². The second-order valence-corrected chi connectivity index (χ2v) is 4.83. The Balaban J connectivity index is 2.06. The fourth-order valence-electron chi connectivity index (χ4n) is 2.69. The van der Waals surface area contributed by atoms with E-state index in [1.165, 1.54) is 0 Å². The van der Waals surface area contributed by atoms with Crippen molar-refractivity contribution in [2.75, 3.05) is 0 Å². The van der Waals surface area contributed by atoms with Crippen LogP contribution < -0.4 is 0 Å². The molecule has 0 bridgehead atoms. The van der Waals surface area contributed by atoms with E-state index in [0.29, 0.717) is 0 Å². The zero-order valence-electron chi connectivity index (χ0n) is 8.40. The molecule has 0 spiro atoms. The first kappa shape index (κ1) is 8.45. The molecular formula is C12H14O2. The maximum atomic E-state index is 10.6. The van der Waals surface area contributed by atoms with Gasteiger partial charge in [-0.2, -0.15) is 0 Å². The predicted molar refractivity (Wildman–Crippen MR) is 52.8 cm³/mol. The number of ether oxygens (including phenoxy) is 1. The molecule has 3 unspecified atom stereocenters. The summed E-state index contributed by atoms with van der Waals surface area (Å²) in [5.74, 6) is 0. The molecule has 1 saturated heterocycles. The van der Waals surface area contributed by atoms with Crippen molar-refractivity contribution in [3.63, 3.8) is 0 Å². The van der Waals surface area contributed by atoms with E-state index in [0.717, 1.165) is 5.56 Å². The lowest BCUT2D eigenvalue weighted by Crippen LogP contribution is -2.59. The maximum absolute atomic E-state index is 10.6. The average Bonchev–Trinajstić information content (AvgIpc) is 2.96. The van der Waals surface area contributed by atoms with Gasteiger partial charge in [0.1, 0.15) is 11.7 Å². The first-order valence-electron chi connectivity index (χ1n) is 5.02. The van der Waals surface area contributed by atoms with Crippen molar-refractivity contribution in [1.29, 1.82) is 0 Å². The number of hydrogen-bond donors (Lipinski definition) is 1. The second-order valence-electron chi connectivity index (χ2n) is 4.83. The molecule has 3 rings (SSSR count). The van der Waals surface area contributed by atoms with Crippen LogP contribution in [0.25, 0.3) is 0 Å². The van der Waals surface area contributed by atoms with Crippen molar-refractivity contribution in [3.8, 4) is 0 Å². The smallest absolute Gasteiger partial charge is 0.126 e. The van der Waals surface area contributed by atoms with Crippen LogP contribution in [0.3, 0.4) is 0 Å². The van der Waals surface area contributed by atoms with Gasteiger partial charge in [-0.3, -0.25) is 0 Å². The second kappa shape index (κ2) is 2.20. The van der Waals surface area contributed by atoms with Gasteiger partial charge in [-0.15, -0.1) is 0 Å². The van der Waals surface area contributed by atoms with Crippen molar-refractivity contribution < 1.29 is 9.84 Å². The van der Waals surface area contributed by atoms with Crippen LogP contribution in [0.1, 0.15) is 19.4 Å². The fraction of sp³-hybridized carbons (Fsp3) is 0.500. The molecule has 1 aliphatic heterocycles. The minimum Gasteiger partial charge on any atom is -0.382 e. The highest BCUT2D eigenvalue weighted by Crippen LogP contribution is 2.67. The molecule has 14 heavy (non-hydrogen) atoms. The SMILES string of the molecule is CC1(C)C2OC2C1(O)c1ccccc1. The number of epoxide rings is 1. The van der Waals surface area contributed by atoms with E-state index in [1.54, 1.807) is 0 Å². The van der Waals surface area contributed by atoms with Gasteiger partial charge >= 0.3 is 0 Å². The van der Waals surface area contributed by atoms with Crippen molar-refractivity contribution in [3.05, 3.63) is 35.9 Å². The lowest BCUT2D eigenvalue weighted by molar-refractivity contribution is -0.122. The van der Waals surface area contributed by atoms with Crippen molar-refractivity contribution in [2.45, 2.75) is 31.7 Å². The quantitative estimate of drug-likeness (QED) is 0.683.